The van der Waals surface area contributed by atoms with Crippen molar-refractivity contribution in [1.82, 2.24) is 9.88 Å². The summed E-state index contributed by atoms with van der Waals surface area (Å²) in [5.41, 5.74) is 0.351. The summed E-state index contributed by atoms with van der Waals surface area (Å²) in [6, 6.07) is 2.38. The predicted octanol–water partition coefficient (Wildman–Crippen LogP) is 3.94. The Hall–Kier alpha value is -1.41. The topological polar surface area (TPSA) is 57.0 Å². The van der Waals surface area contributed by atoms with Crippen LogP contribution in [0.4, 0.5) is 0 Å². The van der Waals surface area contributed by atoms with Crippen molar-refractivity contribution < 1.29 is 4.79 Å². The number of amides is 1. The fourth-order valence-corrected chi connectivity index (χ4v) is 4.92. The number of aryl methyl sites for hydroxylation is 2. The van der Waals surface area contributed by atoms with Gasteiger partial charge in [0, 0.05) is 23.9 Å². The molecule has 5 heteroatoms. The predicted molar refractivity (Wildman–Crippen MR) is 91.3 cm³/mol. The van der Waals surface area contributed by atoms with E-state index < -0.39 is 5.41 Å². The monoisotopic (exact) mass is 331 g/mol. The first-order chi connectivity index (χ1) is 11.1. The van der Waals surface area contributed by atoms with Gasteiger partial charge in [0.1, 0.15) is 5.41 Å². The summed E-state index contributed by atoms with van der Waals surface area (Å²) in [7, 11) is 0. The van der Waals surface area contributed by atoms with Crippen molar-refractivity contribution in [2.45, 2.75) is 64.7 Å². The van der Waals surface area contributed by atoms with Crippen molar-refractivity contribution in [3.05, 3.63) is 15.6 Å². The van der Waals surface area contributed by atoms with Crippen molar-refractivity contribution >= 4 is 17.2 Å². The molecule has 1 atom stereocenters. The number of likely N-dealkylation sites (tertiary alicyclic amines) is 1. The minimum atomic E-state index is -0.755. The zero-order valence-corrected chi connectivity index (χ0v) is 14.9. The van der Waals surface area contributed by atoms with Crippen molar-refractivity contribution in [1.29, 1.82) is 5.26 Å². The van der Waals surface area contributed by atoms with E-state index in [9.17, 15) is 10.1 Å². The summed E-state index contributed by atoms with van der Waals surface area (Å²) in [5.74, 6) is 0.416. The van der Waals surface area contributed by atoms with E-state index in [0.717, 1.165) is 68.7 Å². The van der Waals surface area contributed by atoms with E-state index in [-0.39, 0.29) is 5.91 Å². The maximum atomic E-state index is 13.0. The van der Waals surface area contributed by atoms with E-state index >= 15 is 0 Å². The third-order valence-electron chi connectivity index (χ3n) is 5.43. The molecule has 2 heterocycles. The van der Waals surface area contributed by atoms with Crippen LogP contribution in [0.2, 0.25) is 0 Å². The molecule has 0 bridgehead atoms. The normalized spacial score (nSPS) is 24.2. The summed E-state index contributed by atoms with van der Waals surface area (Å²) < 4.78 is 0. The van der Waals surface area contributed by atoms with Crippen LogP contribution in [-0.4, -0.2) is 28.9 Å². The molecule has 1 saturated carbocycles. The van der Waals surface area contributed by atoms with Gasteiger partial charge in [0.15, 0.2) is 0 Å². The Balaban J connectivity index is 1.75. The van der Waals surface area contributed by atoms with E-state index in [1.165, 1.54) is 4.88 Å². The van der Waals surface area contributed by atoms with Gasteiger partial charge in [-0.25, -0.2) is 4.98 Å². The van der Waals surface area contributed by atoms with Gasteiger partial charge in [-0.05, 0) is 39.5 Å². The van der Waals surface area contributed by atoms with Gasteiger partial charge in [0.2, 0.25) is 5.91 Å². The van der Waals surface area contributed by atoms with Gasteiger partial charge < -0.3 is 4.90 Å². The maximum Gasteiger partial charge on any atom is 0.243 e. The smallest absolute Gasteiger partial charge is 0.243 e. The Bertz CT molecular complexity index is 605. The molecule has 0 unspecified atom stereocenters. The van der Waals surface area contributed by atoms with Crippen LogP contribution < -0.4 is 0 Å². The standard InChI is InChI=1S/C18H25N3OS/c1-13-14(2)23-16(20-13)15-7-6-10-21(11-15)17(22)18(12-19)8-4-3-5-9-18/h15H,3-11H2,1-2H3/t15-/m1/s1. The Morgan fingerprint density at radius 3 is 2.65 bits per heavy atom. The number of thiazole rings is 1. The van der Waals surface area contributed by atoms with Crippen LogP contribution in [0.5, 0.6) is 0 Å². The highest BCUT2D eigenvalue weighted by molar-refractivity contribution is 7.11. The average molecular weight is 331 g/mol. The molecular formula is C18H25N3OS. The van der Waals surface area contributed by atoms with Gasteiger partial charge >= 0.3 is 0 Å². The largest absolute Gasteiger partial charge is 0.341 e. The van der Waals surface area contributed by atoms with Crippen LogP contribution in [0.1, 0.15) is 66.4 Å². The number of carbonyl (C=O) groups excluding carboxylic acids is 1. The third kappa shape index (κ3) is 3.14. The molecule has 1 amide bonds. The fraction of sp³-hybridized carbons (Fsp3) is 0.722. The SMILES string of the molecule is Cc1nc([C@@H]2CCCN(C(=O)C3(C#N)CCCCC3)C2)sc1C. The number of nitrogens with zero attached hydrogens (tertiary/aromatic N) is 3. The first-order valence-corrected chi connectivity index (χ1v) is 9.52. The van der Waals surface area contributed by atoms with Gasteiger partial charge in [-0.1, -0.05) is 19.3 Å². The minimum Gasteiger partial charge on any atom is -0.341 e. The van der Waals surface area contributed by atoms with Crippen molar-refractivity contribution in [2.75, 3.05) is 13.1 Å². The van der Waals surface area contributed by atoms with Gasteiger partial charge in [-0.2, -0.15) is 5.26 Å². The van der Waals surface area contributed by atoms with E-state index in [2.05, 4.69) is 13.0 Å². The molecule has 0 radical (unpaired) electrons. The maximum absolute atomic E-state index is 13.0. The molecular weight excluding hydrogens is 306 g/mol. The number of hydrogen-bond acceptors (Lipinski definition) is 4. The molecule has 1 aliphatic heterocycles. The second-order valence-corrected chi connectivity index (χ2v) is 8.27. The lowest BCUT2D eigenvalue weighted by atomic mass is 9.74. The molecule has 1 aromatic rings. The Kier molecular flexibility index (Phi) is 4.72. The van der Waals surface area contributed by atoms with Gasteiger partial charge in [-0.3, -0.25) is 4.79 Å². The molecule has 4 nitrogen and oxygen atoms in total. The number of aromatic nitrogens is 1. The molecule has 2 fully saturated rings. The lowest BCUT2D eigenvalue weighted by molar-refractivity contribution is -0.141. The molecule has 23 heavy (non-hydrogen) atoms. The van der Waals surface area contributed by atoms with Gasteiger partial charge in [0.25, 0.3) is 0 Å². The molecule has 1 aliphatic carbocycles. The number of rotatable bonds is 2. The molecule has 0 N–H and O–H groups in total. The third-order valence-corrected chi connectivity index (χ3v) is 6.67. The zero-order chi connectivity index (χ0) is 16.4. The lowest BCUT2D eigenvalue weighted by Crippen LogP contribution is -2.48. The van der Waals surface area contributed by atoms with Crippen LogP contribution in [0, 0.1) is 30.6 Å². The average Bonchev–Trinajstić information content (AvgIpc) is 2.94. The molecule has 3 rings (SSSR count). The Morgan fingerprint density at radius 1 is 1.30 bits per heavy atom. The quantitative estimate of drug-likeness (QED) is 0.825. The van der Waals surface area contributed by atoms with Crippen LogP contribution in [-0.2, 0) is 4.79 Å². The molecule has 1 saturated heterocycles. The number of piperidine rings is 1. The lowest BCUT2D eigenvalue weighted by Gasteiger charge is -2.38. The van der Waals surface area contributed by atoms with Crippen molar-refractivity contribution in [3.63, 3.8) is 0 Å². The van der Waals surface area contributed by atoms with E-state index in [4.69, 9.17) is 4.98 Å². The van der Waals surface area contributed by atoms with E-state index in [1.54, 1.807) is 11.3 Å². The number of hydrogen-bond donors (Lipinski definition) is 0. The summed E-state index contributed by atoms with van der Waals surface area (Å²) in [4.78, 5) is 21.0. The number of carbonyl (C=O) groups is 1. The molecule has 124 valence electrons. The zero-order valence-electron chi connectivity index (χ0n) is 14.1. The van der Waals surface area contributed by atoms with Gasteiger partial charge in [0.05, 0.1) is 16.8 Å². The summed E-state index contributed by atoms with van der Waals surface area (Å²) >= 11 is 1.76. The van der Waals surface area contributed by atoms with Crippen LogP contribution in [0.3, 0.4) is 0 Å². The summed E-state index contributed by atoms with van der Waals surface area (Å²) in [5, 5.41) is 10.8. The summed E-state index contributed by atoms with van der Waals surface area (Å²) in [6.45, 7) is 5.68. The van der Waals surface area contributed by atoms with Crippen molar-refractivity contribution in [3.8, 4) is 6.07 Å². The fourth-order valence-electron chi connectivity index (χ4n) is 3.87. The Morgan fingerprint density at radius 2 is 2.04 bits per heavy atom. The highest BCUT2D eigenvalue weighted by Gasteiger charge is 2.43. The highest BCUT2D eigenvalue weighted by atomic mass is 32.1. The minimum absolute atomic E-state index is 0.0781. The van der Waals surface area contributed by atoms with Crippen molar-refractivity contribution in [2.24, 2.45) is 5.41 Å². The number of nitriles is 1. The van der Waals surface area contributed by atoms with Crippen LogP contribution in [0.15, 0.2) is 0 Å². The first-order valence-electron chi connectivity index (χ1n) is 8.70. The van der Waals surface area contributed by atoms with Crippen LogP contribution >= 0.6 is 11.3 Å². The van der Waals surface area contributed by atoms with E-state index in [1.807, 2.05) is 11.8 Å². The Labute approximate surface area is 142 Å². The molecule has 2 aliphatic rings. The van der Waals surface area contributed by atoms with E-state index in [0.29, 0.717) is 5.92 Å². The summed E-state index contributed by atoms with van der Waals surface area (Å²) in [6.07, 6.45) is 6.73. The first kappa shape index (κ1) is 16.4. The highest BCUT2D eigenvalue weighted by Crippen LogP contribution is 2.39. The second kappa shape index (κ2) is 6.60. The molecule has 0 aromatic carbocycles. The molecule has 0 spiro atoms. The molecule has 1 aromatic heterocycles. The van der Waals surface area contributed by atoms with Gasteiger partial charge in [-0.15, -0.1) is 11.3 Å². The second-order valence-electron chi connectivity index (χ2n) is 7.04. The van der Waals surface area contributed by atoms with Crippen LogP contribution in [0.25, 0.3) is 0 Å².